The van der Waals surface area contributed by atoms with E-state index in [4.69, 9.17) is 47.7 Å². The Balaban J connectivity index is 1.64. The van der Waals surface area contributed by atoms with E-state index in [1.165, 1.54) is 0 Å². The standard InChI is InChI=1S/C27H51NO12/c29-26(30)3-1-2-4-27(31)40-24-22-38-20-18-36-16-14-34-12-10-32-9-11-33-13-15-35-17-19-37-21-23-39-25-5-7-28-8-6-25/h25,28H,1-24H2,(H,29,30). The molecule has 0 radical (unpaired) electrons. The van der Waals surface area contributed by atoms with Crippen LogP contribution in [0.2, 0.25) is 0 Å². The number of rotatable bonds is 30. The Morgan fingerprint density at radius 3 is 1.35 bits per heavy atom. The first-order valence-corrected chi connectivity index (χ1v) is 14.4. The first-order chi connectivity index (χ1) is 19.7. The largest absolute Gasteiger partial charge is 0.481 e. The van der Waals surface area contributed by atoms with Gasteiger partial charge in [0.05, 0.1) is 105 Å². The zero-order valence-corrected chi connectivity index (χ0v) is 24.0. The van der Waals surface area contributed by atoms with E-state index in [-0.39, 0.29) is 25.4 Å². The molecule has 1 aliphatic heterocycles. The number of carbonyl (C=O) groups is 2. The Bertz CT molecular complexity index is 578. The van der Waals surface area contributed by atoms with E-state index >= 15 is 0 Å². The van der Waals surface area contributed by atoms with Gasteiger partial charge in [0.25, 0.3) is 0 Å². The molecule has 0 aromatic heterocycles. The summed E-state index contributed by atoms with van der Waals surface area (Å²) in [6.07, 6.45) is 3.77. The minimum atomic E-state index is -0.859. The molecule has 0 aromatic rings. The van der Waals surface area contributed by atoms with Crippen LogP contribution in [0, 0.1) is 0 Å². The maximum Gasteiger partial charge on any atom is 0.305 e. The lowest BCUT2D eigenvalue weighted by Crippen LogP contribution is -2.33. The van der Waals surface area contributed by atoms with Crippen molar-refractivity contribution in [2.75, 3.05) is 119 Å². The molecule has 40 heavy (non-hydrogen) atoms. The lowest BCUT2D eigenvalue weighted by molar-refractivity contribution is -0.146. The van der Waals surface area contributed by atoms with Crippen LogP contribution in [0.1, 0.15) is 38.5 Å². The minimum Gasteiger partial charge on any atom is -0.481 e. The molecule has 1 rings (SSSR count). The van der Waals surface area contributed by atoms with Crippen LogP contribution < -0.4 is 5.32 Å². The number of nitrogens with one attached hydrogen (secondary N) is 1. The third-order valence-electron chi connectivity index (χ3n) is 5.61. The van der Waals surface area contributed by atoms with Crippen molar-refractivity contribution in [3.63, 3.8) is 0 Å². The molecule has 13 nitrogen and oxygen atoms in total. The number of aliphatic carboxylic acids is 1. The van der Waals surface area contributed by atoms with Gasteiger partial charge in [0.15, 0.2) is 0 Å². The summed E-state index contributed by atoms with van der Waals surface area (Å²) in [7, 11) is 0. The van der Waals surface area contributed by atoms with Crippen molar-refractivity contribution in [3.8, 4) is 0 Å². The number of hydrogen-bond donors (Lipinski definition) is 2. The quantitative estimate of drug-likeness (QED) is 0.0920. The summed E-state index contributed by atoms with van der Waals surface area (Å²) in [5.41, 5.74) is 0. The van der Waals surface area contributed by atoms with Gasteiger partial charge in [-0.3, -0.25) is 9.59 Å². The van der Waals surface area contributed by atoms with Gasteiger partial charge in [-0.15, -0.1) is 0 Å². The van der Waals surface area contributed by atoms with Crippen LogP contribution in [0.4, 0.5) is 0 Å². The molecule has 0 bridgehead atoms. The summed E-state index contributed by atoms with van der Waals surface area (Å²) in [5.74, 6) is -1.20. The van der Waals surface area contributed by atoms with Crippen LogP contribution in [-0.4, -0.2) is 142 Å². The molecule has 0 aliphatic carbocycles. The van der Waals surface area contributed by atoms with Crippen LogP contribution in [-0.2, 0) is 52.2 Å². The van der Waals surface area contributed by atoms with Gasteiger partial charge in [0.2, 0.25) is 0 Å². The molecule has 0 saturated carbocycles. The fraction of sp³-hybridized carbons (Fsp3) is 0.926. The topological polar surface area (TPSA) is 149 Å². The van der Waals surface area contributed by atoms with Crippen molar-refractivity contribution in [1.29, 1.82) is 0 Å². The second-order valence-electron chi connectivity index (χ2n) is 8.93. The highest BCUT2D eigenvalue weighted by Gasteiger charge is 2.12. The average molecular weight is 582 g/mol. The normalized spacial score (nSPS) is 14.0. The van der Waals surface area contributed by atoms with Gasteiger partial charge in [-0.2, -0.15) is 0 Å². The highest BCUT2D eigenvalue weighted by molar-refractivity contribution is 5.69. The van der Waals surface area contributed by atoms with Gasteiger partial charge in [0, 0.05) is 12.8 Å². The summed E-state index contributed by atoms with van der Waals surface area (Å²) in [6, 6.07) is 0. The van der Waals surface area contributed by atoms with Crippen molar-refractivity contribution >= 4 is 11.9 Å². The van der Waals surface area contributed by atoms with Gasteiger partial charge in [0.1, 0.15) is 6.61 Å². The van der Waals surface area contributed by atoms with Crippen molar-refractivity contribution in [2.45, 2.75) is 44.6 Å². The average Bonchev–Trinajstić information content (AvgIpc) is 2.95. The number of unbranched alkanes of at least 4 members (excludes halogenated alkanes) is 1. The van der Waals surface area contributed by atoms with Gasteiger partial charge < -0.3 is 53.1 Å². The summed E-state index contributed by atoms with van der Waals surface area (Å²) in [6.45, 7) is 9.58. The molecule has 1 aliphatic rings. The molecular formula is C27H51NO12. The highest BCUT2D eigenvalue weighted by atomic mass is 16.6. The molecule has 13 heteroatoms. The first kappa shape index (κ1) is 36.6. The molecular weight excluding hydrogens is 530 g/mol. The predicted molar refractivity (Wildman–Crippen MR) is 145 cm³/mol. The number of carbonyl (C=O) groups excluding carboxylic acids is 1. The second kappa shape index (κ2) is 29.1. The number of ether oxygens (including phenoxy) is 9. The SMILES string of the molecule is O=C(O)CCCCC(=O)OCCOCCOCCOCCOCCOCCOCCOCCOC1CCNCC1. The van der Waals surface area contributed by atoms with Crippen LogP contribution in [0.5, 0.6) is 0 Å². The number of hydrogen-bond acceptors (Lipinski definition) is 12. The van der Waals surface area contributed by atoms with E-state index in [2.05, 4.69) is 5.32 Å². The number of carboxylic acids is 1. The Kier molecular flexibility index (Phi) is 26.6. The first-order valence-electron chi connectivity index (χ1n) is 14.4. The van der Waals surface area contributed by atoms with Crippen LogP contribution in [0.3, 0.4) is 0 Å². The highest BCUT2D eigenvalue weighted by Crippen LogP contribution is 2.06. The van der Waals surface area contributed by atoms with Crippen LogP contribution in [0.25, 0.3) is 0 Å². The molecule has 0 aromatic carbocycles. The van der Waals surface area contributed by atoms with Crippen molar-refractivity contribution < 1.29 is 57.3 Å². The summed E-state index contributed by atoms with van der Waals surface area (Å²) >= 11 is 0. The smallest absolute Gasteiger partial charge is 0.305 e. The molecule has 0 amide bonds. The molecule has 1 fully saturated rings. The summed E-state index contributed by atoms with van der Waals surface area (Å²) in [4.78, 5) is 21.8. The fourth-order valence-corrected chi connectivity index (χ4v) is 3.49. The number of piperidine rings is 1. The van der Waals surface area contributed by atoms with Crippen LogP contribution in [0.15, 0.2) is 0 Å². The Labute approximate surface area is 238 Å². The Morgan fingerprint density at radius 1 is 0.550 bits per heavy atom. The number of esters is 1. The number of carboxylic acid groups (broad SMARTS) is 1. The molecule has 236 valence electrons. The van der Waals surface area contributed by atoms with Crippen molar-refractivity contribution in [1.82, 2.24) is 5.32 Å². The van der Waals surface area contributed by atoms with Crippen molar-refractivity contribution in [2.24, 2.45) is 0 Å². The van der Waals surface area contributed by atoms with E-state index in [9.17, 15) is 9.59 Å². The maximum absolute atomic E-state index is 11.5. The Morgan fingerprint density at radius 2 is 0.925 bits per heavy atom. The lowest BCUT2D eigenvalue weighted by Gasteiger charge is -2.22. The van der Waals surface area contributed by atoms with E-state index in [1.807, 2.05) is 0 Å². The minimum absolute atomic E-state index is 0.0649. The van der Waals surface area contributed by atoms with E-state index < -0.39 is 5.97 Å². The third-order valence-corrected chi connectivity index (χ3v) is 5.61. The molecule has 0 spiro atoms. The zero-order valence-electron chi connectivity index (χ0n) is 24.0. The third kappa shape index (κ3) is 26.8. The second-order valence-corrected chi connectivity index (χ2v) is 8.93. The molecule has 0 unspecified atom stereocenters. The van der Waals surface area contributed by atoms with Gasteiger partial charge in [-0.1, -0.05) is 0 Å². The molecule has 0 atom stereocenters. The van der Waals surface area contributed by atoms with Gasteiger partial charge in [-0.25, -0.2) is 0 Å². The van der Waals surface area contributed by atoms with Gasteiger partial charge >= 0.3 is 11.9 Å². The molecule has 1 saturated heterocycles. The summed E-state index contributed by atoms with van der Waals surface area (Å²) < 4.78 is 48.8. The monoisotopic (exact) mass is 581 g/mol. The zero-order chi connectivity index (χ0) is 28.8. The van der Waals surface area contributed by atoms with Crippen molar-refractivity contribution in [3.05, 3.63) is 0 Å². The Hall–Kier alpha value is -1.42. The van der Waals surface area contributed by atoms with E-state index in [1.54, 1.807) is 0 Å². The van der Waals surface area contributed by atoms with E-state index in [0.29, 0.717) is 118 Å². The van der Waals surface area contributed by atoms with E-state index in [0.717, 1.165) is 25.9 Å². The lowest BCUT2D eigenvalue weighted by atomic mass is 10.1. The molecule has 2 N–H and O–H groups in total. The molecule has 1 heterocycles. The fourth-order valence-electron chi connectivity index (χ4n) is 3.49. The van der Waals surface area contributed by atoms with Gasteiger partial charge in [-0.05, 0) is 38.8 Å². The maximum atomic E-state index is 11.5. The predicted octanol–water partition coefficient (Wildman–Crippen LogP) is 1.06. The summed E-state index contributed by atoms with van der Waals surface area (Å²) in [5, 5.41) is 11.9. The van der Waals surface area contributed by atoms with Crippen LogP contribution >= 0.6 is 0 Å².